The summed E-state index contributed by atoms with van der Waals surface area (Å²) in [5.74, 6) is -0.653. The van der Waals surface area contributed by atoms with E-state index >= 15 is 0 Å². The van der Waals surface area contributed by atoms with Crippen LogP contribution >= 0.6 is 11.6 Å². The lowest BCUT2D eigenvalue weighted by Crippen LogP contribution is -2.27. The summed E-state index contributed by atoms with van der Waals surface area (Å²) in [5, 5.41) is 9.68. The SMILES string of the molecule is COc1ccc(N(C(=O)c2cccnc2)c2cc(C(=O)O)ccc2Cl)cc1O[C@@H]1CCOC1. The minimum atomic E-state index is -1.14. The zero-order valence-corrected chi connectivity index (χ0v) is 18.5. The van der Waals surface area contributed by atoms with Crippen LogP contribution in [0.4, 0.5) is 11.4 Å². The lowest BCUT2D eigenvalue weighted by Gasteiger charge is -2.26. The van der Waals surface area contributed by atoms with E-state index in [-0.39, 0.29) is 22.4 Å². The average molecular weight is 469 g/mol. The number of pyridine rings is 1. The topological polar surface area (TPSA) is 98.2 Å². The summed E-state index contributed by atoms with van der Waals surface area (Å²) >= 11 is 6.44. The number of hydrogen-bond donors (Lipinski definition) is 1. The van der Waals surface area contributed by atoms with Gasteiger partial charge in [-0.15, -0.1) is 0 Å². The molecule has 2 heterocycles. The maximum atomic E-state index is 13.6. The van der Waals surface area contributed by atoms with Crippen molar-refractivity contribution in [3.63, 3.8) is 0 Å². The molecule has 1 aliphatic heterocycles. The van der Waals surface area contributed by atoms with Gasteiger partial charge in [0.25, 0.3) is 5.91 Å². The number of carboxylic acids is 1. The number of rotatable bonds is 7. The number of benzene rings is 2. The third-order valence-corrected chi connectivity index (χ3v) is 5.45. The van der Waals surface area contributed by atoms with Crippen LogP contribution in [-0.2, 0) is 4.74 Å². The largest absolute Gasteiger partial charge is 0.493 e. The number of carbonyl (C=O) groups is 2. The Hall–Kier alpha value is -3.62. The van der Waals surface area contributed by atoms with E-state index in [4.69, 9.17) is 25.8 Å². The van der Waals surface area contributed by atoms with Crippen molar-refractivity contribution < 1.29 is 28.9 Å². The van der Waals surface area contributed by atoms with Crippen LogP contribution in [0.15, 0.2) is 60.9 Å². The Balaban J connectivity index is 1.84. The second-order valence-electron chi connectivity index (χ2n) is 7.29. The summed E-state index contributed by atoms with van der Waals surface area (Å²) < 4.78 is 16.9. The molecule has 8 nitrogen and oxygen atoms in total. The smallest absolute Gasteiger partial charge is 0.335 e. The number of aromatic carboxylic acids is 1. The Kier molecular flexibility index (Phi) is 6.76. The summed E-state index contributed by atoms with van der Waals surface area (Å²) in [6.07, 6.45) is 3.58. The van der Waals surface area contributed by atoms with E-state index in [1.807, 2.05) is 0 Å². The Morgan fingerprint density at radius 3 is 2.67 bits per heavy atom. The van der Waals surface area contributed by atoms with Gasteiger partial charge in [-0.1, -0.05) is 11.6 Å². The monoisotopic (exact) mass is 468 g/mol. The van der Waals surface area contributed by atoms with E-state index in [1.54, 1.807) is 36.5 Å². The van der Waals surface area contributed by atoms with E-state index in [2.05, 4.69) is 4.98 Å². The third kappa shape index (κ3) is 4.92. The van der Waals surface area contributed by atoms with E-state index in [0.717, 1.165) is 6.42 Å². The van der Waals surface area contributed by atoms with Crippen LogP contribution in [0, 0.1) is 0 Å². The van der Waals surface area contributed by atoms with Crippen molar-refractivity contribution in [2.75, 3.05) is 25.2 Å². The first-order chi connectivity index (χ1) is 16.0. The number of ether oxygens (including phenoxy) is 3. The molecule has 0 unspecified atom stereocenters. The van der Waals surface area contributed by atoms with Crippen LogP contribution < -0.4 is 14.4 Å². The second kappa shape index (κ2) is 9.89. The van der Waals surface area contributed by atoms with E-state index in [0.29, 0.717) is 36.0 Å². The molecule has 170 valence electrons. The number of halogens is 1. The van der Waals surface area contributed by atoms with E-state index in [1.165, 1.54) is 36.4 Å². The van der Waals surface area contributed by atoms with Gasteiger partial charge in [0.05, 0.1) is 47.8 Å². The zero-order valence-electron chi connectivity index (χ0n) is 17.7. The summed E-state index contributed by atoms with van der Waals surface area (Å²) in [6, 6.07) is 12.5. The lowest BCUT2D eigenvalue weighted by atomic mass is 10.1. The molecule has 1 fully saturated rings. The highest BCUT2D eigenvalue weighted by atomic mass is 35.5. The van der Waals surface area contributed by atoms with Gasteiger partial charge in [0.1, 0.15) is 6.10 Å². The molecule has 33 heavy (non-hydrogen) atoms. The fourth-order valence-corrected chi connectivity index (χ4v) is 3.69. The van der Waals surface area contributed by atoms with Gasteiger partial charge in [-0.2, -0.15) is 0 Å². The number of carbonyl (C=O) groups excluding carboxylic acids is 1. The minimum absolute atomic E-state index is 0.00789. The van der Waals surface area contributed by atoms with Gasteiger partial charge in [0.15, 0.2) is 11.5 Å². The van der Waals surface area contributed by atoms with Crippen LogP contribution in [0.3, 0.4) is 0 Å². The normalized spacial score (nSPS) is 15.2. The molecule has 4 rings (SSSR count). The highest BCUT2D eigenvalue weighted by molar-refractivity contribution is 6.34. The molecule has 0 saturated carbocycles. The highest BCUT2D eigenvalue weighted by Gasteiger charge is 2.26. The number of methoxy groups -OCH3 is 1. The van der Waals surface area contributed by atoms with E-state index < -0.39 is 11.9 Å². The number of carboxylic acid groups (broad SMARTS) is 1. The van der Waals surface area contributed by atoms with Crippen LogP contribution in [-0.4, -0.2) is 48.4 Å². The Bertz CT molecular complexity index is 1160. The number of nitrogens with zero attached hydrogens (tertiary/aromatic N) is 2. The molecular weight excluding hydrogens is 448 g/mol. The number of hydrogen-bond acceptors (Lipinski definition) is 6. The Morgan fingerprint density at radius 2 is 2.00 bits per heavy atom. The molecule has 1 amide bonds. The van der Waals surface area contributed by atoms with Gasteiger partial charge < -0.3 is 19.3 Å². The van der Waals surface area contributed by atoms with Crippen molar-refractivity contribution in [3.8, 4) is 11.5 Å². The van der Waals surface area contributed by atoms with Gasteiger partial charge in [-0.3, -0.25) is 14.7 Å². The Morgan fingerprint density at radius 1 is 1.15 bits per heavy atom. The van der Waals surface area contributed by atoms with Crippen LogP contribution in [0.2, 0.25) is 5.02 Å². The lowest BCUT2D eigenvalue weighted by molar-refractivity contribution is 0.0696. The molecule has 1 aliphatic rings. The molecule has 9 heteroatoms. The highest BCUT2D eigenvalue weighted by Crippen LogP contribution is 2.39. The second-order valence-corrected chi connectivity index (χ2v) is 7.70. The number of aromatic nitrogens is 1. The van der Waals surface area contributed by atoms with Gasteiger partial charge in [0.2, 0.25) is 0 Å². The molecule has 0 radical (unpaired) electrons. The summed E-state index contributed by atoms with van der Waals surface area (Å²) in [5.41, 5.74) is 0.928. The first-order valence-corrected chi connectivity index (χ1v) is 10.6. The number of anilines is 2. The third-order valence-electron chi connectivity index (χ3n) is 5.13. The van der Waals surface area contributed by atoms with Gasteiger partial charge in [-0.25, -0.2) is 4.79 Å². The van der Waals surface area contributed by atoms with Crippen LogP contribution in [0.25, 0.3) is 0 Å². The quantitative estimate of drug-likeness (QED) is 0.541. The van der Waals surface area contributed by atoms with Crippen molar-refractivity contribution in [3.05, 3.63) is 77.1 Å². The maximum Gasteiger partial charge on any atom is 0.335 e. The van der Waals surface area contributed by atoms with Crippen LogP contribution in [0.5, 0.6) is 11.5 Å². The van der Waals surface area contributed by atoms with Gasteiger partial charge in [-0.05, 0) is 42.5 Å². The minimum Gasteiger partial charge on any atom is -0.493 e. The molecule has 2 aromatic carbocycles. The van der Waals surface area contributed by atoms with Crippen molar-refractivity contribution in [2.24, 2.45) is 0 Å². The van der Waals surface area contributed by atoms with Crippen molar-refractivity contribution in [1.29, 1.82) is 0 Å². The fraction of sp³-hybridized carbons (Fsp3) is 0.208. The van der Waals surface area contributed by atoms with Crippen LogP contribution in [0.1, 0.15) is 27.1 Å². The predicted octanol–water partition coefficient (Wildman–Crippen LogP) is 4.59. The van der Waals surface area contributed by atoms with Gasteiger partial charge >= 0.3 is 5.97 Å². The first kappa shape index (κ1) is 22.6. The molecule has 1 atom stereocenters. The molecular formula is C24H21ClN2O6. The standard InChI is InChI=1S/C24H21ClN2O6/c1-31-21-7-5-17(12-22(21)33-18-8-10-32-14-18)27(23(28)16-3-2-9-26-13-16)20-11-15(24(29)30)4-6-19(20)25/h2-7,9,11-13,18H,8,10,14H2,1H3,(H,29,30)/t18-/m1/s1. The summed E-state index contributed by atoms with van der Waals surface area (Å²) in [4.78, 5) is 30.5. The predicted molar refractivity (Wildman–Crippen MR) is 122 cm³/mol. The van der Waals surface area contributed by atoms with Crippen molar-refractivity contribution in [2.45, 2.75) is 12.5 Å². The summed E-state index contributed by atoms with van der Waals surface area (Å²) in [6.45, 7) is 1.06. The molecule has 0 aliphatic carbocycles. The number of amides is 1. The molecule has 0 bridgehead atoms. The zero-order chi connectivity index (χ0) is 23.4. The summed E-state index contributed by atoms with van der Waals surface area (Å²) in [7, 11) is 1.53. The van der Waals surface area contributed by atoms with Crippen molar-refractivity contribution in [1.82, 2.24) is 4.98 Å². The fourth-order valence-electron chi connectivity index (χ4n) is 3.48. The molecule has 3 aromatic rings. The first-order valence-electron chi connectivity index (χ1n) is 10.2. The molecule has 1 aromatic heterocycles. The van der Waals surface area contributed by atoms with Gasteiger partial charge in [0, 0.05) is 24.9 Å². The average Bonchev–Trinajstić information content (AvgIpc) is 3.34. The van der Waals surface area contributed by atoms with E-state index in [9.17, 15) is 14.7 Å². The van der Waals surface area contributed by atoms with Crippen molar-refractivity contribution >= 4 is 34.9 Å². The Labute approximate surface area is 195 Å². The molecule has 1 saturated heterocycles. The molecule has 1 N–H and O–H groups in total. The maximum absolute atomic E-state index is 13.6. The molecule has 0 spiro atoms.